The van der Waals surface area contributed by atoms with E-state index in [0.29, 0.717) is 5.41 Å². The second kappa shape index (κ2) is 5.01. The SMILES string of the molecule is CCCCC(C)(CC)CCl. The molecular formula is C9H19Cl. The van der Waals surface area contributed by atoms with Crippen molar-refractivity contribution in [3.63, 3.8) is 0 Å². The number of halogens is 1. The molecule has 0 rings (SSSR count). The molecule has 0 amide bonds. The van der Waals surface area contributed by atoms with Crippen molar-refractivity contribution >= 4 is 11.6 Å². The maximum atomic E-state index is 5.84. The highest BCUT2D eigenvalue weighted by molar-refractivity contribution is 6.18. The van der Waals surface area contributed by atoms with Gasteiger partial charge in [0, 0.05) is 5.88 Å². The van der Waals surface area contributed by atoms with Gasteiger partial charge in [0.15, 0.2) is 0 Å². The Hall–Kier alpha value is 0.290. The summed E-state index contributed by atoms with van der Waals surface area (Å²) >= 11 is 5.84. The molecule has 0 saturated carbocycles. The summed E-state index contributed by atoms with van der Waals surface area (Å²) in [6, 6.07) is 0. The van der Waals surface area contributed by atoms with Crippen molar-refractivity contribution in [2.24, 2.45) is 5.41 Å². The summed E-state index contributed by atoms with van der Waals surface area (Å²) in [5, 5.41) is 0. The summed E-state index contributed by atoms with van der Waals surface area (Å²) in [7, 11) is 0. The molecule has 0 aliphatic rings. The Morgan fingerprint density at radius 2 is 1.90 bits per heavy atom. The highest BCUT2D eigenvalue weighted by Gasteiger charge is 2.19. The van der Waals surface area contributed by atoms with Crippen molar-refractivity contribution in [3.05, 3.63) is 0 Å². The Kier molecular flexibility index (Phi) is 5.15. The Morgan fingerprint density at radius 3 is 2.20 bits per heavy atom. The molecule has 0 aromatic carbocycles. The average molecular weight is 163 g/mol. The van der Waals surface area contributed by atoms with Crippen molar-refractivity contribution < 1.29 is 0 Å². The lowest BCUT2D eigenvalue weighted by Crippen LogP contribution is -2.16. The van der Waals surface area contributed by atoms with Crippen LogP contribution in [0.5, 0.6) is 0 Å². The summed E-state index contributed by atoms with van der Waals surface area (Å²) in [5.74, 6) is 0.809. The maximum absolute atomic E-state index is 5.84. The number of alkyl halides is 1. The van der Waals surface area contributed by atoms with Crippen LogP contribution < -0.4 is 0 Å². The van der Waals surface area contributed by atoms with Crippen LogP contribution in [0.4, 0.5) is 0 Å². The molecule has 1 heteroatoms. The average Bonchev–Trinajstić information content (AvgIpc) is 2.00. The minimum Gasteiger partial charge on any atom is -0.126 e. The molecular weight excluding hydrogens is 144 g/mol. The van der Waals surface area contributed by atoms with Gasteiger partial charge in [-0.05, 0) is 18.3 Å². The van der Waals surface area contributed by atoms with E-state index in [2.05, 4.69) is 20.8 Å². The molecule has 0 aliphatic carbocycles. The third kappa shape index (κ3) is 3.46. The van der Waals surface area contributed by atoms with Crippen LogP contribution in [-0.2, 0) is 0 Å². The molecule has 0 aromatic rings. The lowest BCUT2D eigenvalue weighted by Gasteiger charge is -2.24. The highest BCUT2D eigenvalue weighted by Crippen LogP contribution is 2.28. The minimum absolute atomic E-state index is 0.400. The molecule has 0 bridgehead atoms. The van der Waals surface area contributed by atoms with Crippen LogP contribution in [-0.4, -0.2) is 5.88 Å². The van der Waals surface area contributed by atoms with Crippen LogP contribution in [0.1, 0.15) is 46.5 Å². The van der Waals surface area contributed by atoms with Crippen LogP contribution in [0.25, 0.3) is 0 Å². The van der Waals surface area contributed by atoms with Gasteiger partial charge in [0.2, 0.25) is 0 Å². The third-order valence-electron chi connectivity index (χ3n) is 2.31. The first-order valence-corrected chi connectivity index (χ1v) is 4.78. The van der Waals surface area contributed by atoms with Crippen LogP contribution in [0.15, 0.2) is 0 Å². The van der Waals surface area contributed by atoms with E-state index in [1.54, 1.807) is 0 Å². The summed E-state index contributed by atoms with van der Waals surface area (Å²) in [6.45, 7) is 6.72. The van der Waals surface area contributed by atoms with E-state index in [0.717, 1.165) is 5.88 Å². The third-order valence-corrected chi connectivity index (χ3v) is 2.96. The molecule has 62 valence electrons. The normalized spacial score (nSPS) is 16.8. The highest BCUT2D eigenvalue weighted by atomic mass is 35.5. The van der Waals surface area contributed by atoms with E-state index in [4.69, 9.17) is 11.6 Å². The zero-order chi connectivity index (χ0) is 8.04. The predicted octanol–water partition coefficient (Wildman–Crippen LogP) is 3.83. The van der Waals surface area contributed by atoms with Gasteiger partial charge in [-0.25, -0.2) is 0 Å². The molecule has 0 N–H and O–H groups in total. The van der Waals surface area contributed by atoms with E-state index in [1.807, 2.05) is 0 Å². The molecule has 0 nitrogen and oxygen atoms in total. The molecule has 0 radical (unpaired) electrons. The van der Waals surface area contributed by atoms with Gasteiger partial charge in [0.05, 0.1) is 0 Å². The fourth-order valence-corrected chi connectivity index (χ4v) is 1.26. The Balaban J connectivity index is 3.58. The Labute approximate surface area is 70.0 Å². The molecule has 0 heterocycles. The summed E-state index contributed by atoms with van der Waals surface area (Å²) in [6.07, 6.45) is 5.09. The van der Waals surface area contributed by atoms with E-state index >= 15 is 0 Å². The van der Waals surface area contributed by atoms with Crippen molar-refractivity contribution in [2.45, 2.75) is 46.5 Å². The summed E-state index contributed by atoms with van der Waals surface area (Å²) in [4.78, 5) is 0. The zero-order valence-electron chi connectivity index (χ0n) is 7.41. The second-order valence-electron chi connectivity index (χ2n) is 3.40. The predicted molar refractivity (Wildman–Crippen MR) is 48.6 cm³/mol. The molecule has 1 unspecified atom stereocenters. The molecule has 0 aromatic heterocycles. The zero-order valence-corrected chi connectivity index (χ0v) is 8.17. The van der Waals surface area contributed by atoms with Gasteiger partial charge in [-0.15, -0.1) is 11.6 Å². The maximum Gasteiger partial charge on any atom is 0.0277 e. The molecule has 0 saturated heterocycles. The molecule has 0 fully saturated rings. The van der Waals surface area contributed by atoms with Crippen LogP contribution in [0.3, 0.4) is 0 Å². The van der Waals surface area contributed by atoms with Gasteiger partial charge >= 0.3 is 0 Å². The van der Waals surface area contributed by atoms with E-state index < -0.39 is 0 Å². The topological polar surface area (TPSA) is 0 Å². The van der Waals surface area contributed by atoms with Gasteiger partial charge < -0.3 is 0 Å². The molecule has 0 aliphatic heterocycles. The standard InChI is InChI=1S/C9H19Cl/c1-4-6-7-9(3,5-2)8-10/h4-8H2,1-3H3. The summed E-state index contributed by atoms with van der Waals surface area (Å²) < 4.78 is 0. The molecule has 1 atom stereocenters. The monoisotopic (exact) mass is 162 g/mol. The van der Waals surface area contributed by atoms with E-state index in [9.17, 15) is 0 Å². The minimum atomic E-state index is 0.400. The van der Waals surface area contributed by atoms with Crippen LogP contribution in [0.2, 0.25) is 0 Å². The van der Waals surface area contributed by atoms with Crippen molar-refractivity contribution in [3.8, 4) is 0 Å². The number of hydrogen-bond acceptors (Lipinski definition) is 0. The number of rotatable bonds is 5. The van der Waals surface area contributed by atoms with Crippen molar-refractivity contribution in [2.75, 3.05) is 5.88 Å². The van der Waals surface area contributed by atoms with E-state index in [1.165, 1.54) is 25.7 Å². The van der Waals surface area contributed by atoms with Crippen LogP contribution in [0, 0.1) is 5.41 Å². The van der Waals surface area contributed by atoms with Gasteiger partial charge in [0.25, 0.3) is 0 Å². The quantitative estimate of drug-likeness (QED) is 0.539. The van der Waals surface area contributed by atoms with Crippen molar-refractivity contribution in [1.29, 1.82) is 0 Å². The van der Waals surface area contributed by atoms with E-state index in [-0.39, 0.29) is 0 Å². The smallest absolute Gasteiger partial charge is 0.0277 e. The van der Waals surface area contributed by atoms with Crippen LogP contribution >= 0.6 is 11.6 Å². The largest absolute Gasteiger partial charge is 0.126 e. The number of hydrogen-bond donors (Lipinski definition) is 0. The van der Waals surface area contributed by atoms with Gasteiger partial charge in [-0.2, -0.15) is 0 Å². The first-order chi connectivity index (χ1) is 4.68. The summed E-state index contributed by atoms with van der Waals surface area (Å²) in [5.41, 5.74) is 0.400. The second-order valence-corrected chi connectivity index (χ2v) is 3.67. The fourth-order valence-electron chi connectivity index (χ4n) is 0.942. The Bertz CT molecular complexity index is 74.8. The van der Waals surface area contributed by atoms with Gasteiger partial charge in [0.1, 0.15) is 0 Å². The van der Waals surface area contributed by atoms with Gasteiger partial charge in [-0.1, -0.05) is 33.6 Å². The van der Waals surface area contributed by atoms with Gasteiger partial charge in [-0.3, -0.25) is 0 Å². The lowest BCUT2D eigenvalue weighted by atomic mass is 9.84. The first kappa shape index (κ1) is 10.3. The lowest BCUT2D eigenvalue weighted by molar-refractivity contribution is 0.317. The molecule has 10 heavy (non-hydrogen) atoms. The number of unbranched alkanes of at least 4 members (excludes halogenated alkanes) is 1. The van der Waals surface area contributed by atoms with Crippen molar-refractivity contribution in [1.82, 2.24) is 0 Å². The molecule has 0 spiro atoms. The fraction of sp³-hybridized carbons (Fsp3) is 1.00. The first-order valence-electron chi connectivity index (χ1n) is 4.24. The Morgan fingerprint density at radius 1 is 1.30 bits per heavy atom.